The van der Waals surface area contributed by atoms with Crippen molar-refractivity contribution in [2.24, 2.45) is 0 Å². The fourth-order valence-corrected chi connectivity index (χ4v) is 4.23. The van der Waals surface area contributed by atoms with Crippen LogP contribution in [0.15, 0.2) is 31.8 Å². The number of halogens is 2. The van der Waals surface area contributed by atoms with Gasteiger partial charge in [0.15, 0.2) is 0 Å². The Bertz CT molecular complexity index is 450. The number of rotatable bonds is 3. The summed E-state index contributed by atoms with van der Waals surface area (Å²) in [4.78, 5) is 2.19. The third kappa shape index (κ3) is 2.91. The van der Waals surface area contributed by atoms with E-state index in [2.05, 4.69) is 31.9 Å². The molecule has 2 aromatic rings. The molecule has 2 aromatic heterocycles. The lowest BCUT2D eigenvalue weighted by atomic mass is 10.2. The molecule has 0 aliphatic heterocycles. The van der Waals surface area contributed by atoms with Gasteiger partial charge in [0.05, 0.1) is 6.10 Å². The van der Waals surface area contributed by atoms with Gasteiger partial charge in [0.1, 0.15) is 0 Å². The molecule has 0 radical (unpaired) electrons. The van der Waals surface area contributed by atoms with Crippen molar-refractivity contribution in [3.05, 3.63) is 41.6 Å². The Morgan fingerprint density at radius 1 is 1.33 bits per heavy atom. The molecule has 2 heterocycles. The summed E-state index contributed by atoms with van der Waals surface area (Å²) in [5.41, 5.74) is 0. The first-order chi connectivity index (χ1) is 7.16. The van der Waals surface area contributed by atoms with Gasteiger partial charge in [-0.3, -0.25) is 0 Å². The van der Waals surface area contributed by atoms with E-state index in [4.69, 9.17) is 0 Å². The van der Waals surface area contributed by atoms with Gasteiger partial charge in [-0.25, -0.2) is 0 Å². The largest absolute Gasteiger partial charge is 0.387 e. The minimum atomic E-state index is -0.406. The van der Waals surface area contributed by atoms with E-state index in [1.807, 2.05) is 22.9 Å². The summed E-state index contributed by atoms with van der Waals surface area (Å²) in [6, 6.07) is 3.98. The summed E-state index contributed by atoms with van der Waals surface area (Å²) in [5.74, 6) is 0. The number of thiophene rings is 2. The fraction of sp³-hybridized carbons (Fsp3) is 0.200. The second-order valence-electron chi connectivity index (χ2n) is 3.08. The monoisotopic (exact) mass is 366 g/mol. The van der Waals surface area contributed by atoms with Crippen LogP contribution in [0.1, 0.15) is 15.9 Å². The maximum absolute atomic E-state index is 10.0. The van der Waals surface area contributed by atoms with Gasteiger partial charge in [0.2, 0.25) is 0 Å². The van der Waals surface area contributed by atoms with Gasteiger partial charge in [0, 0.05) is 30.5 Å². The molecule has 0 fully saturated rings. The van der Waals surface area contributed by atoms with Crippen molar-refractivity contribution in [1.29, 1.82) is 0 Å². The van der Waals surface area contributed by atoms with E-state index in [0.29, 0.717) is 6.42 Å². The van der Waals surface area contributed by atoms with Crippen LogP contribution < -0.4 is 0 Å². The molecule has 80 valence electrons. The molecular weight excluding hydrogens is 360 g/mol. The van der Waals surface area contributed by atoms with Gasteiger partial charge < -0.3 is 5.11 Å². The van der Waals surface area contributed by atoms with Crippen molar-refractivity contribution in [3.8, 4) is 0 Å². The molecule has 0 aromatic carbocycles. The van der Waals surface area contributed by atoms with E-state index in [-0.39, 0.29) is 0 Å². The maximum atomic E-state index is 10.0. The molecule has 0 saturated carbocycles. The quantitative estimate of drug-likeness (QED) is 0.839. The Morgan fingerprint density at radius 2 is 2.13 bits per heavy atom. The highest BCUT2D eigenvalue weighted by atomic mass is 79.9. The third-order valence-electron chi connectivity index (χ3n) is 1.99. The highest BCUT2D eigenvalue weighted by molar-refractivity contribution is 9.10. The zero-order valence-electron chi connectivity index (χ0n) is 7.61. The molecule has 0 amide bonds. The van der Waals surface area contributed by atoms with Crippen LogP contribution >= 0.6 is 54.5 Å². The normalized spacial score (nSPS) is 13.0. The third-order valence-corrected chi connectivity index (χ3v) is 5.73. The predicted octanol–water partition coefficient (Wildman–Crippen LogP) is 4.61. The van der Waals surface area contributed by atoms with Gasteiger partial charge in [-0.1, -0.05) is 0 Å². The van der Waals surface area contributed by atoms with Crippen LogP contribution in [0.5, 0.6) is 0 Å². The number of hydrogen-bond donors (Lipinski definition) is 1. The molecule has 1 atom stereocenters. The minimum absolute atomic E-state index is 0.406. The van der Waals surface area contributed by atoms with Crippen LogP contribution in [0.4, 0.5) is 0 Å². The Labute approximate surface area is 113 Å². The van der Waals surface area contributed by atoms with Crippen molar-refractivity contribution in [3.63, 3.8) is 0 Å². The van der Waals surface area contributed by atoms with E-state index in [0.717, 1.165) is 13.8 Å². The molecular formula is C10H8Br2OS2. The zero-order valence-corrected chi connectivity index (χ0v) is 12.4. The van der Waals surface area contributed by atoms with Crippen LogP contribution in [-0.2, 0) is 6.42 Å². The van der Waals surface area contributed by atoms with Crippen LogP contribution in [0.25, 0.3) is 0 Å². The molecule has 1 nitrogen and oxygen atoms in total. The lowest BCUT2D eigenvalue weighted by Gasteiger charge is -2.06. The molecule has 5 heteroatoms. The first-order valence-corrected chi connectivity index (χ1v) is 7.65. The summed E-state index contributed by atoms with van der Waals surface area (Å²) in [6.07, 6.45) is 0.266. The number of aliphatic hydroxyl groups excluding tert-OH is 1. The summed E-state index contributed by atoms with van der Waals surface area (Å²) in [5, 5.41) is 14.0. The van der Waals surface area contributed by atoms with Crippen molar-refractivity contribution in [2.75, 3.05) is 0 Å². The minimum Gasteiger partial charge on any atom is -0.387 e. The van der Waals surface area contributed by atoms with Gasteiger partial charge >= 0.3 is 0 Å². The van der Waals surface area contributed by atoms with E-state index < -0.39 is 6.10 Å². The highest BCUT2D eigenvalue weighted by Gasteiger charge is 2.13. The Morgan fingerprint density at radius 3 is 2.67 bits per heavy atom. The molecule has 15 heavy (non-hydrogen) atoms. The summed E-state index contributed by atoms with van der Waals surface area (Å²) in [7, 11) is 0. The maximum Gasteiger partial charge on any atom is 0.0930 e. The summed E-state index contributed by atoms with van der Waals surface area (Å²) < 4.78 is 2.12. The van der Waals surface area contributed by atoms with Gasteiger partial charge in [0.25, 0.3) is 0 Å². The number of hydrogen-bond acceptors (Lipinski definition) is 3. The van der Waals surface area contributed by atoms with Crippen molar-refractivity contribution >= 4 is 54.5 Å². The fourth-order valence-electron chi connectivity index (χ4n) is 1.25. The van der Waals surface area contributed by atoms with E-state index >= 15 is 0 Å². The second kappa shape index (κ2) is 5.10. The van der Waals surface area contributed by atoms with Crippen LogP contribution in [-0.4, -0.2) is 5.11 Å². The lowest BCUT2D eigenvalue weighted by molar-refractivity contribution is 0.183. The Balaban J connectivity index is 2.10. The van der Waals surface area contributed by atoms with Crippen molar-refractivity contribution in [1.82, 2.24) is 0 Å². The molecule has 0 spiro atoms. The SMILES string of the molecule is OC(Cc1sccc1Br)c1cc(Br)cs1. The smallest absolute Gasteiger partial charge is 0.0930 e. The predicted molar refractivity (Wildman–Crippen MR) is 72.7 cm³/mol. The highest BCUT2D eigenvalue weighted by Crippen LogP contribution is 2.31. The standard InChI is InChI=1S/C10H8Br2OS2/c11-6-3-10(15-5-6)8(13)4-9-7(12)1-2-14-9/h1-3,5,8,13H,4H2. The van der Waals surface area contributed by atoms with Crippen molar-refractivity contribution in [2.45, 2.75) is 12.5 Å². The molecule has 0 bridgehead atoms. The van der Waals surface area contributed by atoms with Gasteiger partial charge in [-0.2, -0.15) is 0 Å². The molecule has 0 saturated heterocycles. The number of aliphatic hydroxyl groups is 1. The van der Waals surface area contributed by atoms with Crippen molar-refractivity contribution < 1.29 is 5.11 Å². The topological polar surface area (TPSA) is 20.2 Å². The average Bonchev–Trinajstić information content (AvgIpc) is 2.77. The first-order valence-electron chi connectivity index (χ1n) is 4.30. The lowest BCUT2D eigenvalue weighted by Crippen LogP contribution is -1.97. The van der Waals surface area contributed by atoms with Crippen LogP contribution in [0.3, 0.4) is 0 Å². The zero-order chi connectivity index (χ0) is 10.8. The van der Waals surface area contributed by atoms with E-state index in [1.165, 1.54) is 4.88 Å². The Kier molecular flexibility index (Phi) is 4.01. The Hall–Kier alpha value is 0.320. The van der Waals surface area contributed by atoms with Gasteiger partial charge in [-0.05, 0) is 49.4 Å². The average molecular weight is 368 g/mol. The van der Waals surface area contributed by atoms with Crippen LogP contribution in [0.2, 0.25) is 0 Å². The summed E-state index contributed by atoms with van der Waals surface area (Å²) in [6.45, 7) is 0. The van der Waals surface area contributed by atoms with Gasteiger partial charge in [-0.15, -0.1) is 22.7 Å². The second-order valence-corrected chi connectivity index (χ2v) is 6.79. The van der Waals surface area contributed by atoms with E-state index in [1.54, 1.807) is 22.7 Å². The first kappa shape index (κ1) is 11.8. The van der Waals surface area contributed by atoms with Crippen LogP contribution in [0, 0.1) is 0 Å². The molecule has 0 aliphatic rings. The van der Waals surface area contributed by atoms with E-state index in [9.17, 15) is 5.11 Å². The summed E-state index contributed by atoms with van der Waals surface area (Å²) >= 11 is 10.1. The molecule has 1 unspecified atom stereocenters. The molecule has 1 N–H and O–H groups in total. The molecule has 0 aliphatic carbocycles. The molecule has 2 rings (SSSR count).